The van der Waals surface area contributed by atoms with E-state index in [0.717, 1.165) is 49.2 Å². The number of carbonyl (C=O) groups is 2. The van der Waals surface area contributed by atoms with Crippen molar-refractivity contribution >= 4 is 23.6 Å². The minimum Gasteiger partial charge on any atom is -0.497 e. The van der Waals surface area contributed by atoms with E-state index in [9.17, 15) is 9.59 Å². The molecule has 4 aromatic rings. The van der Waals surface area contributed by atoms with Crippen molar-refractivity contribution in [2.75, 3.05) is 26.0 Å². The highest BCUT2D eigenvalue weighted by molar-refractivity contribution is 7.99. The van der Waals surface area contributed by atoms with Crippen LogP contribution in [-0.2, 0) is 17.8 Å². The molecule has 0 unspecified atom stereocenters. The van der Waals surface area contributed by atoms with Gasteiger partial charge >= 0.3 is 0 Å². The van der Waals surface area contributed by atoms with Gasteiger partial charge in [-0.05, 0) is 86.1 Å². The molecule has 0 aliphatic carbocycles. The van der Waals surface area contributed by atoms with Crippen LogP contribution < -0.4 is 10.1 Å². The van der Waals surface area contributed by atoms with Gasteiger partial charge in [0.1, 0.15) is 5.75 Å². The second kappa shape index (κ2) is 13.7. The average molecular weight is 584 g/mol. The highest BCUT2D eigenvalue weighted by Crippen LogP contribution is 2.27. The molecule has 1 aliphatic heterocycles. The Hall–Kier alpha value is -4.11. The van der Waals surface area contributed by atoms with Crippen molar-refractivity contribution in [3.8, 4) is 11.4 Å². The smallest absolute Gasteiger partial charge is 0.251 e. The summed E-state index contributed by atoms with van der Waals surface area (Å²) in [6.45, 7) is 5.87. The van der Waals surface area contributed by atoms with E-state index in [-0.39, 0.29) is 24.1 Å². The summed E-state index contributed by atoms with van der Waals surface area (Å²) in [6, 6.07) is 23.6. The Balaban J connectivity index is 1.25. The van der Waals surface area contributed by atoms with E-state index in [1.165, 1.54) is 17.3 Å². The van der Waals surface area contributed by atoms with Gasteiger partial charge < -0.3 is 15.0 Å². The number of aryl methyl sites for hydroxylation is 1. The third-order valence-corrected chi connectivity index (χ3v) is 8.85. The molecule has 0 spiro atoms. The summed E-state index contributed by atoms with van der Waals surface area (Å²) in [4.78, 5) is 28.0. The predicted molar refractivity (Wildman–Crippen MR) is 165 cm³/mol. The summed E-state index contributed by atoms with van der Waals surface area (Å²) in [5, 5.41) is 12.5. The van der Waals surface area contributed by atoms with Crippen LogP contribution in [0.5, 0.6) is 5.75 Å². The molecule has 1 aromatic heterocycles. The molecular weight excluding hydrogens is 546 g/mol. The van der Waals surface area contributed by atoms with Crippen LogP contribution >= 0.6 is 11.8 Å². The number of aromatic nitrogens is 3. The number of thioether (sulfide) groups is 1. The summed E-state index contributed by atoms with van der Waals surface area (Å²) in [5.74, 6) is 2.07. The van der Waals surface area contributed by atoms with Crippen LogP contribution in [0.4, 0.5) is 0 Å². The fourth-order valence-corrected chi connectivity index (χ4v) is 6.15. The largest absolute Gasteiger partial charge is 0.497 e. The van der Waals surface area contributed by atoms with Crippen LogP contribution in [0.25, 0.3) is 5.69 Å². The number of hydrogen-bond donors (Lipinski definition) is 1. The van der Waals surface area contributed by atoms with Gasteiger partial charge in [0.15, 0.2) is 11.0 Å². The average Bonchev–Trinajstić information content (AvgIpc) is 3.43. The molecule has 5 rings (SSSR count). The Morgan fingerprint density at radius 3 is 2.40 bits per heavy atom. The highest BCUT2D eigenvalue weighted by atomic mass is 32.2. The molecule has 8 nitrogen and oxygen atoms in total. The van der Waals surface area contributed by atoms with E-state index in [1.54, 1.807) is 31.4 Å². The van der Waals surface area contributed by atoms with E-state index in [0.29, 0.717) is 28.2 Å². The zero-order valence-electron chi connectivity index (χ0n) is 24.4. The van der Waals surface area contributed by atoms with Crippen LogP contribution in [0.1, 0.15) is 45.7 Å². The maximum absolute atomic E-state index is 13.2. The van der Waals surface area contributed by atoms with Gasteiger partial charge in [-0.3, -0.25) is 14.2 Å². The maximum atomic E-state index is 13.2. The third-order valence-electron chi connectivity index (χ3n) is 7.94. The summed E-state index contributed by atoms with van der Waals surface area (Å²) < 4.78 is 7.15. The van der Waals surface area contributed by atoms with Crippen molar-refractivity contribution in [2.45, 2.75) is 44.8 Å². The first-order chi connectivity index (χ1) is 20.4. The van der Waals surface area contributed by atoms with Gasteiger partial charge in [-0.2, -0.15) is 0 Å². The molecular formula is C33H37N5O3S. The molecule has 42 heavy (non-hydrogen) atoms. The van der Waals surface area contributed by atoms with Gasteiger partial charge in [-0.1, -0.05) is 54.2 Å². The normalized spacial score (nSPS) is 13.6. The topological polar surface area (TPSA) is 89.3 Å². The quantitative estimate of drug-likeness (QED) is 0.252. The molecule has 0 radical (unpaired) electrons. The van der Waals surface area contributed by atoms with Crippen molar-refractivity contribution in [1.29, 1.82) is 0 Å². The fourth-order valence-electron chi connectivity index (χ4n) is 5.28. The van der Waals surface area contributed by atoms with Crippen LogP contribution in [0.2, 0.25) is 0 Å². The van der Waals surface area contributed by atoms with Gasteiger partial charge in [0.25, 0.3) is 5.91 Å². The number of nitrogens with one attached hydrogen (secondary N) is 1. The van der Waals surface area contributed by atoms with E-state index < -0.39 is 0 Å². The van der Waals surface area contributed by atoms with Gasteiger partial charge in [0.2, 0.25) is 5.91 Å². The first kappa shape index (κ1) is 29.4. The van der Waals surface area contributed by atoms with Gasteiger partial charge in [0, 0.05) is 18.7 Å². The predicted octanol–water partition coefficient (Wildman–Crippen LogP) is 5.40. The van der Waals surface area contributed by atoms with Crippen LogP contribution in [0.3, 0.4) is 0 Å². The van der Waals surface area contributed by atoms with Crippen molar-refractivity contribution in [3.63, 3.8) is 0 Å². The SMILES string of the molecule is COc1ccc(C(=O)NCc2nnc(SCC(=O)N3CCC(Cc4ccccc4)CC3)n2-c2cccc(C)c2C)cc1. The zero-order chi connectivity index (χ0) is 29.5. The Morgan fingerprint density at radius 2 is 1.69 bits per heavy atom. The Kier molecular flexibility index (Phi) is 9.59. The van der Waals surface area contributed by atoms with Gasteiger partial charge in [-0.15, -0.1) is 10.2 Å². The minimum atomic E-state index is -0.215. The Morgan fingerprint density at radius 1 is 0.952 bits per heavy atom. The summed E-state index contributed by atoms with van der Waals surface area (Å²) in [7, 11) is 1.59. The number of methoxy groups -OCH3 is 1. The van der Waals surface area contributed by atoms with Gasteiger partial charge in [0.05, 0.1) is 25.1 Å². The standard InChI is InChI=1S/C33H37N5O3S/c1-23-8-7-11-29(24(23)2)38-30(21-34-32(40)27-12-14-28(41-3)15-13-27)35-36-33(38)42-22-31(39)37-18-16-26(17-19-37)20-25-9-5-4-6-10-25/h4-15,26H,16-22H2,1-3H3,(H,34,40). The van der Waals surface area contributed by atoms with Gasteiger partial charge in [-0.25, -0.2) is 0 Å². The number of hydrogen-bond acceptors (Lipinski definition) is 6. The monoisotopic (exact) mass is 583 g/mol. The number of nitrogens with zero attached hydrogens (tertiary/aromatic N) is 4. The molecule has 9 heteroatoms. The zero-order valence-corrected chi connectivity index (χ0v) is 25.2. The number of likely N-dealkylation sites (tertiary alicyclic amines) is 1. The highest BCUT2D eigenvalue weighted by Gasteiger charge is 2.24. The molecule has 1 aliphatic rings. The third kappa shape index (κ3) is 7.02. The van der Waals surface area contributed by atoms with Crippen LogP contribution in [0, 0.1) is 19.8 Å². The van der Waals surface area contributed by atoms with Crippen molar-refractivity contribution < 1.29 is 14.3 Å². The molecule has 1 fully saturated rings. The molecule has 1 N–H and O–H groups in total. The molecule has 2 amide bonds. The fraction of sp³-hybridized carbons (Fsp3) is 0.333. The molecule has 0 atom stereocenters. The molecule has 0 saturated carbocycles. The van der Waals surface area contributed by atoms with Crippen LogP contribution in [0.15, 0.2) is 78.0 Å². The first-order valence-electron chi connectivity index (χ1n) is 14.3. The number of ether oxygens (including phenoxy) is 1. The summed E-state index contributed by atoms with van der Waals surface area (Å²) in [6.07, 6.45) is 3.10. The van der Waals surface area contributed by atoms with E-state index in [2.05, 4.69) is 59.7 Å². The van der Waals surface area contributed by atoms with E-state index in [1.807, 2.05) is 27.7 Å². The lowest BCUT2D eigenvalue weighted by atomic mass is 9.90. The van der Waals surface area contributed by atoms with Crippen molar-refractivity contribution in [3.05, 3.63) is 101 Å². The summed E-state index contributed by atoms with van der Waals surface area (Å²) in [5.41, 5.74) is 5.06. The molecule has 2 heterocycles. The number of piperidine rings is 1. The number of carbonyl (C=O) groups excluding carboxylic acids is 2. The van der Waals surface area contributed by atoms with E-state index in [4.69, 9.17) is 4.74 Å². The number of rotatable bonds is 10. The summed E-state index contributed by atoms with van der Waals surface area (Å²) >= 11 is 1.39. The number of amides is 2. The Bertz CT molecular complexity index is 1510. The van der Waals surface area contributed by atoms with Crippen LogP contribution in [-0.4, -0.2) is 57.4 Å². The lowest BCUT2D eigenvalue weighted by Gasteiger charge is -2.32. The first-order valence-corrected chi connectivity index (χ1v) is 15.3. The Labute approximate surface area is 251 Å². The second-order valence-electron chi connectivity index (χ2n) is 10.7. The molecule has 218 valence electrons. The van der Waals surface area contributed by atoms with Crippen molar-refractivity contribution in [1.82, 2.24) is 25.0 Å². The maximum Gasteiger partial charge on any atom is 0.251 e. The lowest BCUT2D eigenvalue weighted by molar-refractivity contribution is -0.129. The number of benzene rings is 3. The second-order valence-corrected chi connectivity index (χ2v) is 11.6. The minimum absolute atomic E-state index is 0.114. The molecule has 1 saturated heterocycles. The molecule has 3 aromatic carbocycles. The van der Waals surface area contributed by atoms with E-state index >= 15 is 0 Å². The van der Waals surface area contributed by atoms with Crippen molar-refractivity contribution in [2.24, 2.45) is 5.92 Å². The lowest BCUT2D eigenvalue weighted by Crippen LogP contribution is -2.39. The molecule has 0 bridgehead atoms.